The summed E-state index contributed by atoms with van der Waals surface area (Å²) in [4.78, 5) is 12.1. The Morgan fingerprint density at radius 3 is 2.61 bits per heavy atom. The molecule has 0 spiro atoms. The van der Waals surface area contributed by atoms with Gasteiger partial charge in [0.15, 0.2) is 12.0 Å². The number of rotatable bonds is 7. The number of aryl methyl sites for hydroxylation is 1. The average Bonchev–Trinajstić information content (AvgIpc) is 2.36. The van der Waals surface area contributed by atoms with E-state index in [-0.39, 0.29) is 12.2 Å². The first-order valence-electron chi connectivity index (χ1n) is 5.77. The SMILES string of the molecule is C=CCC[C@H](F)C(=O)CS(=O)c1ccc(C)cc1. The molecule has 0 aromatic heterocycles. The van der Waals surface area contributed by atoms with E-state index in [2.05, 4.69) is 6.58 Å². The number of hydrogen-bond acceptors (Lipinski definition) is 2. The number of carbonyl (C=O) groups is 1. The number of ketones is 1. The highest BCUT2D eigenvalue weighted by Crippen LogP contribution is 2.11. The minimum Gasteiger partial charge on any atom is -0.295 e. The molecule has 1 aromatic carbocycles. The quantitative estimate of drug-likeness (QED) is 0.712. The summed E-state index contributed by atoms with van der Waals surface area (Å²) in [6, 6.07) is 7.05. The molecule has 4 heteroatoms. The molecule has 18 heavy (non-hydrogen) atoms. The van der Waals surface area contributed by atoms with Crippen molar-refractivity contribution in [2.75, 3.05) is 5.75 Å². The first-order chi connectivity index (χ1) is 8.54. The molecule has 0 aliphatic rings. The van der Waals surface area contributed by atoms with Crippen LogP contribution in [0.25, 0.3) is 0 Å². The molecule has 0 aliphatic carbocycles. The number of halogens is 1. The highest BCUT2D eigenvalue weighted by atomic mass is 32.2. The van der Waals surface area contributed by atoms with Crippen LogP contribution >= 0.6 is 0 Å². The number of alkyl halides is 1. The predicted molar refractivity (Wildman–Crippen MR) is 71.8 cm³/mol. The standard InChI is InChI=1S/C14H17FO2S/c1-3-4-5-13(15)14(16)10-18(17)12-8-6-11(2)7-9-12/h3,6-9,13H,1,4-5,10H2,2H3/t13-,18?/m0/s1. The molecule has 1 unspecified atom stereocenters. The highest BCUT2D eigenvalue weighted by molar-refractivity contribution is 7.85. The van der Waals surface area contributed by atoms with Crippen molar-refractivity contribution < 1.29 is 13.4 Å². The molecule has 0 bridgehead atoms. The van der Waals surface area contributed by atoms with E-state index in [0.29, 0.717) is 11.3 Å². The first kappa shape index (κ1) is 14.8. The Kier molecular flexibility index (Phi) is 5.92. The largest absolute Gasteiger partial charge is 0.295 e. The summed E-state index contributed by atoms with van der Waals surface area (Å²) >= 11 is 0. The summed E-state index contributed by atoms with van der Waals surface area (Å²) < 4.78 is 25.2. The summed E-state index contributed by atoms with van der Waals surface area (Å²) in [5.74, 6) is -0.864. The van der Waals surface area contributed by atoms with Gasteiger partial charge in [-0.1, -0.05) is 23.8 Å². The number of benzene rings is 1. The molecule has 0 saturated carbocycles. The van der Waals surface area contributed by atoms with Crippen LogP contribution < -0.4 is 0 Å². The number of Topliss-reactive ketones (excluding diaryl/α,β-unsaturated/α-hetero) is 1. The second kappa shape index (κ2) is 7.21. The molecule has 0 amide bonds. The topological polar surface area (TPSA) is 34.1 Å². The van der Waals surface area contributed by atoms with Gasteiger partial charge >= 0.3 is 0 Å². The monoisotopic (exact) mass is 268 g/mol. The number of carbonyl (C=O) groups excluding carboxylic acids is 1. The molecular weight excluding hydrogens is 251 g/mol. The maximum atomic E-state index is 13.4. The van der Waals surface area contributed by atoms with Crippen molar-refractivity contribution in [2.24, 2.45) is 0 Å². The number of allylic oxidation sites excluding steroid dienone is 1. The van der Waals surface area contributed by atoms with E-state index >= 15 is 0 Å². The van der Waals surface area contributed by atoms with Crippen LogP contribution in [0.1, 0.15) is 18.4 Å². The summed E-state index contributed by atoms with van der Waals surface area (Å²) in [5.41, 5.74) is 1.05. The second-order valence-corrected chi connectivity index (χ2v) is 5.55. The van der Waals surface area contributed by atoms with Gasteiger partial charge in [-0.2, -0.15) is 0 Å². The normalized spacial score (nSPS) is 13.9. The van der Waals surface area contributed by atoms with E-state index in [1.165, 1.54) is 0 Å². The van der Waals surface area contributed by atoms with Crippen molar-refractivity contribution in [2.45, 2.75) is 30.8 Å². The molecule has 2 nitrogen and oxygen atoms in total. The molecule has 98 valence electrons. The van der Waals surface area contributed by atoms with Gasteiger partial charge in [-0.25, -0.2) is 4.39 Å². The van der Waals surface area contributed by atoms with Crippen LogP contribution in [-0.2, 0) is 15.6 Å². The van der Waals surface area contributed by atoms with Crippen molar-refractivity contribution in [1.29, 1.82) is 0 Å². The fourth-order valence-corrected chi connectivity index (χ4v) is 2.46. The van der Waals surface area contributed by atoms with Crippen LogP contribution in [-0.4, -0.2) is 21.9 Å². The third-order valence-corrected chi connectivity index (χ3v) is 3.88. The lowest BCUT2D eigenvalue weighted by Gasteiger charge is -2.06. The summed E-state index contributed by atoms with van der Waals surface area (Å²) in [6.07, 6.45) is 0.589. The minimum absolute atomic E-state index is 0.118. The van der Waals surface area contributed by atoms with E-state index in [1.54, 1.807) is 18.2 Å². The van der Waals surface area contributed by atoms with Gasteiger partial charge in [0.05, 0.1) is 16.6 Å². The Morgan fingerprint density at radius 1 is 1.44 bits per heavy atom. The van der Waals surface area contributed by atoms with E-state index in [4.69, 9.17) is 0 Å². The molecule has 0 radical (unpaired) electrons. The van der Waals surface area contributed by atoms with Gasteiger partial charge < -0.3 is 0 Å². The van der Waals surface area contributed by atoms with Crippen LogP contribution in [0.2, 0.25) is 0 Å². The van der Waals surface area contributed by atoms with Crippen LogP contribution in [0.5, 0.6) is 0 Å². The maximum absolute atomic E-state index is 13.4. The fourth-order valence-electron chi connectivity index (χ4n) is 1.42. The lowest BCUT2D eigenvalue weighted by molar-refractivity contribution is -0.121. The van der Waals surface area contributed by atoms with E-state index in [1.807, 2.05) is 19.1 Å². The lowest BCUT2D eigenvalue weighted by atomic mass is 10.1. The van der Waals surface area contributed by atoms with Crippen LogP contribution in [0, 0.1) is 6.92 Å². The summed E-state index contributed by atoms with van der Waals surface area (Å²) in [5, 5.41) is 0. The van der Waals surface area contributed by atoms with Crippen molar-refractivity contribution >= 4 is 16.6 Å². The van der Waals surface area contributed by atoms with Crippen LogP contribution in [0.4, 0.5) is 4.39 Å². The van der Waals surface area contributed by atoms with E-state index in [9.17, 15) is 13.4 Å². The van der Waals surface area contributed by atoms with Gasteiger partial charge in [-0.05, 0) is 31.9 Å². The fraction of sp³-hybridized carbons (Fsp3) is 0.357. The van der Waals surface area contributed by atoms with Crippen LogP contribution in [0.3, 0.4) is 0 Å². The molecule has 0 aliphatic heterocycles. The molecular formula is C14H17FO2S. The predicted octanol–water partition coefficient (Wildman–Crippen LogP) is 2.98. The van der Waals surface area contributed by atoms with E-state index in [0.717, 1.165) is 5.56 Å². The zero-order valence-electron chi connectivity index (χ0n) is 10.4. The average molecular weight is 268 g/mol. The van der Waals surface area contributed by atoms with Gasteiger partial charge in [0.25, 0.3) is 0 Å². The molecule has 0 fully saturated rings. The third-order valence-electron chi connectivity index (χ3n) is 2.53. The molecule has 0 N–H and O–H groups in total. The zero-order chi connectivity index (χ0) is 13.5. The molecule has 2 atom stereocenters. The molecule has 1 aromatic rings. The Balaban J connectivity index is 2.56. The Hall–Kier alpha value is -1.29. The van der Waals surface area contributed by atoms with Crippen LogP contribution in [0.15, 0.2) is 41.8 Å². The van der Waals surface area contributed by atoms with Gasteiger partial charge in [0.1, 0.15) is 0 Å². The third kappa shape index (κ3) is 4.53. The Bertz CT molecular complexity index is 440. The van der Waals surface area contributed by atoms with Crippen molar-refractivity contribution in [3.63, 3.8) is 0 Å². The van der Waals surface area contributed by atoms with Gasteiger partial charge in [-0.15, -0.1) is 6.58 Å². The Labute approximate surface area is 109 Å². The zero-order valence-corrected chi connectivity index (χ0v) is 11.2. The number of hydrogen-bond donors (Lipinski definition) is 0. The van der Waals surface area contributed by atoms with Gasteiger partial charge in [0.2, 0.25) is 0 Å². The molecule has 0 saturated heterocycles. The van der Waals surface area contributed by atoms with Crippen molar-refractivity contribution in [3.05, 3.63) is 42.5 Å². The van der Waals surface area contributed by atoms with Gasteiger partial charge in [0, 0.05) is 4.90 Å². The molecule has 0 heterocycles. The summed E-state index contributed by atoms with van der Waals surface area (Å²) in [6.45, 7) is 5.39. The smallest absolute Gasteiger partial charge is 0.179 e. The van der Waals surface area contributed by atoms with Crippen molar-refractivity contribution in [1.82, 2.24) is 0 Å². The summed E-state index contributed by atoms with van der Waals surface area (Å²) in [7, 11) is -1.46. The lowest BCUT2D eigenvalue weighted by Crippen LogP contribution is -2.22. The Morgan fingerprint density at radius 2 is 2.06 bits per heavy atom. The van der Waals surface area contributed by atoms with Gasteiger partial charge in [-0.3, -0.25) is 9.00 Å². The minimum atomic E-state index is -1.54. The first-order valence-corrected chi connectivity index (χ1v) is 7.09. The molecule has 1 rings (SSSR count). The van der Waals surface area contributed by atoms with Crippen molar-refractivity contribution in [3.8, 4) is 0 Å². The maximum Gasteiger partial charge on any atom is 0.179 e. The second-order valence-electron chi connectivity index (χ2n) is 4.10. The highest BCUT2D eigenvalue weighted by Gasteiger charge is 2.19. The van der Waals surface area contributed by atoms with E-state index < -0.39 is 22.8 Å².